The molecule has 5 heteroatoms. The Morgan fingerprint density at radius 3 is 2.42 bits per heavy atom. The molecule has 0 aliphatic heterocycles. The SMILES string of the molecule is CCN(CC)C(=O)c1ccc(CNC(=O)[C@@H]2CCC[C@@H]2CN)cc1. The maximum atomic E-state index is 12.3. The predicted molar refractivity (Wildman–Crippen MR) is 95.4 cm³/mol. The van der Waals surface area contributed by atoms with Crippen molar-refractivity contribution in [2.24, 2.45) is 17.6 Å². The second-order valence-electron chi connectivity index (χ2n) is 6.43. The first-order chi connectivity index (χ1) is 11.6. The minimum atomic E-state index is 0.0485. The van der Waals surface area contributed by atoms with Gasteiger partial charge in [0.2, 0.25) is 5.91 Å². The van der Waals surface area contributed by atoms with Crippen molar-refractivity contribution in [3.63, 3.8) is 0 Å². The molecule has 5 nitrogen and oxygen atoms in total. The zero-order chi connectivity index (χ0) is 17.5. The van der Waals surface area contributed by atoms with E-state index >= 15 is 0 Å². The lowest BCUT2D eigenvalue weighted by Crippen LogP contribution is -2.34. The molecule has 2 atom stereocenters. The van der Waals surface area contributed by atoms with E-state index in [9.17, 15) is 9.59 Å². The van der Waals surface area contributed by atoms with Crippen LogP contribution in [0.15, 0.2) is 24.3 Å². The number of hydrogen-bond acceptors (Lipinski definition) is 3. The molecule has 0 spiro atoms. The van der Waals surface area contributed by atoms with E-state index in [0.717, 1.165) is 24.8 Å². The maximum Gasteiger partial charge on any atom is 0.253 e. The Kier molecular flexibility index (Phi) is 6.79. The van der Waals surface area contributed by atoms with Crippen molar-refractivity contribution in [1.29, 1.82) is 0 Å². The average molecular weight is 331 g/mol. The van der Waals surface area contributed by atoms with Gasteiger partial charge in [0, 0.05) is 31.1 Å². The van der Waals surface area contributed by atoms with Gasteiger partial charge in [-0.05, 0) is 56.8 Å². The molecule has 1 saturated carbocycles. The molecule has 2 amide bonds. The van der Waals surface area contributed by atoms with Gasteiger partial charge in [-0.2, -0.15) is 0 Å². The van der Waals surface area contributed by atoms with Crippen LogP contribution < -0.4 is 11.1 Å². The van der Waals surface area contributed by atoms with Crippen LogP contribution >= 0.6 is 0 Å². The molecule has 0 unspecified atom stereocenters. The maximum absolute atomic E-state index is 12.3. The summed E-state index contributed by atoms with van der Waals surface area (Å²) in [5.41, 5.74) is 7.43. The van der Waals surface area contributed by atoms with Crippen molar-refractivity contribution in [3.05, 3.63) is 35.4 Å². The van der Waals surface area contributed by atoms with E-state index < -0.39 is 0 Å². The minimum Gasteiger partial charge on any atom is -0.352 e. The average Bonchev–Trinajstić information content (AvgIpc) is 3.10. The molecule has 1 aliphatic carbocycles. The van der Waals surface area contributed by atoms with Gasteiger partial charge in [-0.3, -0.25) is 9.59 Å². The summed E-state index contributed by atoms with van der Waals surface area (Å²) < 4.78 is 0. The van der Waals surface area contributed by atoms with Crippen molar-refractivity contribution < 1.29 is 9.59 Å². The quantitative estimate of drug-likeness (QED) is 0.804. The highest BCUT2D eigenvalue weighted by Crippen LogP contribution is 2.30. The van der Waals surface area contributed by atoms with Crippen LogP contribution in [0.4, 0.5) is 0 Å². The van der Waals surface area contributed by atoms with Crippen molar-refractivity contribution in [2.75, 3.05) is 19.6 Å². The molecule has 0 aromatic heterocycles. The van der Waals surface area contributed by atoms with Crippen LogP contribution in [0.2, 0.25) is 0 Å². The molecule has 2 rings (SSSR count). The van der Waals surface area contributed by atoms with E-state index in [1.54, 1.807) is 4.90 Å². The fraction of sp³-hybridized carbons (Fsp3) is 0.579. The van der Waals surface area contributed by atoms with Crippen LogP contribution in [-0.2, 0) is 11.3 Å². The van der Waals surface area contributed by atoms with Gasteiger partial charge in [-0.15, -0.1) is 0 Å². The van der Waals surface area contributed by atoms with Gasteiger partial charge in [-0.25, -0.2) is 0 Å². The monoisotopic (exact) mass is 331 g/mol. The van der Waals surface area contributed by atoms with Crippen molar-refractivity contribution in [1.82, 2.24) is 10.2 Å². The summed E-state index contributed by atoms with van der Waals surface area (Å²) in [6.07, 6.45) is 3.07. The molecule has 1 aliphatic rings. The Morgan fingerprint density at radius 1 is 1.17 bits per heavy atom. The fourth-order valence-electron chi connectivity index (χ4n) is 3.44. The first-order valence-electron chi connectivity index (χ1n) is 8.96. The van der Waals surface area contributed by atoms with Crippen LogP contribution in [0.1, 0.15) is 49.0 Å². The standard InChI is InChI=1S/C19H29N3O2/c1-3-22(4-2)19(24)15-10-8-14(9-11-15)13-21-18(23)17-7-5-6-16(17)12-20/h8-11,16-17H,3-7,12-13,20H2,1-2H3,(H,21,23)/t16-,17-/m1/s1. The van der Waals surface area contributed by atoms with Crippen LogP contribution in [0.5, 0.6) is 0 Å². The highest BCUT2D eigenvalue weighted by molar-refractivity contribution is 5.94. The van der Waals surface area contributed by atoms with Crippen LogP contribution in [0.25, 0.3) is 0 Å². The van der Waals surface area contributed by atoms with Gasteiger partial charge in [0.15, 0.2) is 0 Å². The van der Waals surface area contributed by atoms with Gasteiger partial charge >= 0.3 is 0 Å². The Bertz CT molecular complexity index is 552. The summed E-state index contributed by atoms with van der Waals surface area (Å²) in [6.45, 7) is 6.44. The number of nitrogens with two attached hydrogens (primary N) is 1. The summed E-state index contributed by atoms with van der Waals surface area (Å²) in [4.78, 5) is 26.4. The Labute approximate surface area is 144 Å². The topological polar surface area (TPSA) is 75.4 Å². The minimum absolute atomic E-state index is 0.0485. The lowest BCUT2D eigenvalue weighted by atomic mass is 9.95. The molecule has 24 heavy (non-hydrogen) atoms. The van der Waals surface area contributed by atoms with Crippen LogP contribution in [-0.4, -0.2) is 36.3 Å². The van der Waals surface area contributed by atoms with E-state index in [2.05, 4.69) is 5.32 Å². The molecule has 0 saturated heterocycles. The van der Waals surface area contributed by atoms with Gasteiger partial charge in [0.25, 0.3) is 5.91 Å². The van der Waals surface area contributed by atoms with Crippen molar-refractivity contribution in [2.45, 2.75) is 39.7 Å². The number of rotatable bonds is 7. The molecule has 1 aromatic rings. The third-order valence-corrected chi connectivity index (χ3v) is 5.02. The predicted octanol–water partition coefficient (Wildman–Crippen LogP) is 2.16. The molecule has 0 bridgehead atoms. The van der Waals surface area contributed by atoms with Crippen molar-refractivity contribution >= 4 is 11.8 Å². The first-order valence-corrected chi connectivity index (χ1v) is 8.96. The molecular weight excluding hydrogens is 302 g/mol. The molecule has 3 N–H and O–H groups in total. The summed E-state index contributed by atoms with van der Waals surface area (Å²) in [6, 6.07) is 7.49. The highest BCUT2D eigenvalue weighted by atomic mass is 16.2. The third-order valence-electron chi connectivity index (χ3n) is 5.02. The Morgan fingerprint density at radius 2 is 1.83 bits per heavy atom. The van der Waals surface area contributed by atoms with E-state index in [4.69, 9.17) is 5.73 Å². The Balaban J connectivity index is 1.90. The third kappa shape index (κ3) is 4.35. The van der Waals surface area contributed by atoms with Gasteiger partial charge in [0.1, 0.15) is 0 Å². The van der Waals surface area contributed by atoms with Gasteiger partial charge in [-0.1, -0.05) is 18.6 Å². The van der Waals surface area contributed by atoms with Gasteiger partial charge < -0.3 is 16.0 Å². The molecule has 1 aromatic carbocycles. The fourth-order valence-corrected chi connectivity index (χ4v) is 3.44. The number of carbonyl (C=O) groups excluding carboxylic acids is 2. The number of carbonyl (C=O) groups is 2. The Hall–Kier alpha value is -1.88. The van der Waals surface area contributed by atoms with E-state index in [1.165, 1.54) is 0 Å². The lowest BCUT2D eigenvalue weighted by Gasteiger charge is -2.19. The number of hydrogen-bond donors (Lipinski definition) is 2. The van der Waals surface area contributed by atoms with Crippen LogP contribution in [0, 0.1) is 11.8 Å². The summed E-state index contributed by atoms with van der Waals surface area (Å²) in [7, 11) is 0. The molecule has 0 radical (unpaired) electrons. The number of nitrogens with one attached hydrogen (secondary N) is 1. The second-order valence-corrected chi connectivity index (χ2v) is 6.43. The van der Waals surface area contributed by atoms with E-state index in [-0.39, 0.29) is 17.7 Å². The van der Waals surface area contributed by atoms with E-state index in [1.807, 2.05) is 38.1 Å². The number of benzene rings is 1. The van der Waals surface area contributed by atoms with Crippen molar-refractivity contribution in [3.8, 4) is 0 Å². The molecule has 1 fully saturated rings. The lowest BCUT2D eigenvalue weighted by molar-refractivity contribution is -0.126. The normalized spacial score (nSPS) is 20.0. The second kappa shape index (κ2) is 8.83. The van der Waals surface area contributed by atoms with E-state index in [0.29, 0.717) is 37.7 Å². The molecule has 0 heterocycles. The molecular formula is C19H29N3O2. The van der Waals surface area contributed by atoms with Gasteiger partial charge in [0.05, 0.1) is 0 Å². The molecule has 132 valence electrons. The largest absolute Gasteiger partial charge is 0.352 e. The summed E-state index contributed by atoms with van der Waals surface area (Å²) in [5.74, 6) is 0.524. The summed E-state index contributed by atoms with van der Waals surface area (Å²) in [5, 5.41) is 3.01. The number of nitrogens with zero attached hydrogens (tertiary/aromatic N) is 1. The number of amides is 2. The summed E-state index contributed by atoms with van der Waals surface area (Å²) >= 11 is 0. The van der Waals surface area contributed by atoms with Crippen LogP contribution in [0.3, 0.4) is 0 Å². The zero-order valence-corrected chi connectivity index (χ0v) is 14.8. The zero-order valence-electron chi connectivity index (χ0n) is 14.8. The highest BCUT2D eigenvalue weighted by Gasteiger charge is 2.31. The smallest absolute Gasteiger partial charge is 0.253 e. The first kappa shape index (κ1) is 18.5.